The van der Waals surface area contributed by atoms with Gasteiger partial charge in [-0.05, 0) is 32.4 Å². The summed E-state index contributed by atoms with van der Waals surface area (Å²) in [4.78, 5) is 18.6. The molecule has 1 amide bonds. The van der Waals surface area contributed by atoms with Gasteiger partial charge in [0.15, 0.2) is 5.13 Å². The standard InChI is InChI=1S/C14H19N5OS/c1-11-10-21-14(16-11)17-13(20)9-18-6-2-4-12(18)8-19-7-3-5-15-19/h3,5,7,10,12H,2,4,6,8-9H2,1H3,(H,16,17,20). The van der Waals surface area contributed by atoms with Crippen LogP contribution in [-0.4, -0.2) is 44.7 Å². The maximum absolute atomic E-state index is 12.1. The zero-order valence-corrected chi connectivity index (χ0v) is 12.8. The van der Waals surface area contributed by atoms with Gasteiger partial charge in [-0.1, -0.05) is 0 Å². The fourth-order valence-corrected chi connectivity index (χ4v) is 3.39. The van der Waals surface area contributed by atoms with Gasteiger partial charge in [0, 0.05) is 23.8 Å². The summed E-state index contributed by atoms with van der Waals surface area (Å²) < 4.78 is 1.94. The molecule has 1 saturated heterocycles. The summed E-state index contributed by atoms with van der Waals surface area (Å²) in [6.07, 6.45) is 6.00. The lowest BCUT2D eigenvalue weighted by Crippen LogP contribution is -2.39. The quantitative estimate of drug-likeness (QED) is 0.914. The highest BCUT2D eigenvalue weighted by Gasteiger charge is 2.26. The Labute approximate surface area is 127 Å². The van der Waals surface area contributed by atoms with Gasteiger partial charge in [0.1, 0.15) is 0 Å². The largest absolute Gasteiger partial charge is 0.301 e. The van der Waals surface area contributed by atoms with E-state index in [4.69, 9.17) is 0 Å². The first-order chi connectivity index (χ1) is 10.2. The molecule has 1 fully saturated rings. The first-order valence-electron chi connectivity index (χ1n) is 7.14. The molecule has 0 saturated carbocycles. The molecule has 2 aromatic rings. The van der Waals surface area contributed by atoms with Crippen LogP contribution < -0.4 is 5.32 Å². The van der Waals surface area contributed by atoms with Crippen LogP contribution in [0.25, 0.3) is 0 Å². The van der Waals surface area contributed by atoms with Crippen LogP contribution in [-0.2, 0) is 11.3 Å². The minimum absolute atomic E-state index is 0.0108. The Morgan fingerprint density at radius 1 is 1.57 bits per heavy atom. The van der Waals surface area contributed by atoms with Crippen molar-refractivity contribution in [1.82, 2.24) is 19.7 Å². The van der Waals surface area contributed by atoms with Crippen LogP contribution in [0.4, 0.5) is 5.13 Å². The highest BCUT2D eigenvalue weighted by molar-refractivity contribution is 7.13. The molecule has 0 aliphatic carbocycles. The fraction of sp³-hybridized carbons (Fsp3) is 0.500. The molecule has 1 atom stereocenters. The highest BCUT2D eigenvalue weighted by atomic mass is 32.1. The van der Waals surface area contributed by atoms with Crippen molar-refractivity contribution in [2.24, 2.45) is 0 Å². The summed E-state index contributed by atoms with van der Waals surface area (Å²) in [7, 11) is 0. The third-order valence-corrected chi connectivity index (χ3v) is 4.54. The maximum atomic E-state index is 12.1. The number of hydrogen-bond donors (Lipinski definition) is 1. The van der Waals surface area contributed by atoms with E-state index in [1.54, 1.807) is 6.20 Å². The van der Waals surface area contributed by atoms with E-state index >= 15 is 0 Å². The number of anilines is 1. The summed E-state index contributed by atoms with van der Waals surface area (Å²) in [5.74, 6) is 0.0108. The van der Waals surface area contributed by atoms with Gasteiger partial charge >= 0.3 is 0 Å². The Balaban J connectivity index is 1.54. The normalized spacial score (nSPS) is 19.0. The van der Waals surface area contributed by atoms with Crippen LogP contribution in [0.5, 0.6) is 0 Å². The highest BCUT2D eigenvalue weighted by Crippen LogP contribution is 2.19. The summed E-state index contributed by atoms with van der Waals surface area (Å²) in [6, 6.07) is 2.31. The molecule has 0 spiro atoms. The third-order valence-electron chi connectivity index (χ3n) is 3.67. The smallest absolute Gasteiger partial charge is 0.240 e. The van der Waals surface area contributed by atoms with Crippen LogP contribution in [0.1, 0.15) is 18.5 Å². The molecule has 3 heterocycles. The molecule has 2 aromatic heterocycles. The zero-order valence-electron chi connectivity index (χ0n) is 12.0. The van der Waals surface area contributed by atoms with E-state index < -0.39 is 0 Å². The van der Waals surface area contributed by atoms with Gasteiger partial charge in [0.2, 0.25) is 5.91 Å². The number of carbonyl (C=O) groups excluding carboxylic acids is 1. The second-order valence-electron chi connectivity index (χ2n) is 5.34. The van der Waals surface area contributed by atoms with Crippen molar-refractivity contribution in [3.05, 3.63) is 29.5 Å². The average molecular weight is 305 g/mol. The third kappa shape index (κ3) is 3.68. The minimum Gasteiger partial charge on any atom is -0.301 e. The number of aromatic nitrogens is 3. The number of thiazole rings is 1. The SMILES string of the molecule is Cc1csc(NC(=O)CN2CCCC2Cn2cccn2)n1. The summed E-state index contributed by atoms with van der Waals surface area (Å²) >= 11 is 1.46. The molecule has 0 bridgehead atoms. The van der Waals surface area contributed by atoms with E-state index in [0.29, 0.717) is 17.7 Å². The van der Waals surface area contributed by atoms with Gasteiger partial charge in [-0.3, -0.25) is 14.4 Å². The Hall–Kier alpha value is -1.73. The van der Waals surface area contributed by atoms with E-state index in [1.165, 1.54) is 11.3 Å². The van der Waals surface area contributed by atoms with Crippen molar-refractivity contribution in [3.8, 4) is 0 Å². The molecule has 112 valence electrons. The molecule has 3 rings (SSSR count). The molecule has 1 unspecified atom stereocenters. The van der Waals surface area contributed by atoms with Crippen molar-refractivity contribution in [3.63, 3.8) is 0 Å². The van der Waals surface area contributed by atoms with Crippen molar-refractivity contribution in [2.45, 2.75) is 32.4 Å². The number of hydrogen-bond acceptors (Lipinski definition) is 5. The number of carbonyl (C=O) groups is 1. The Morgan fingerprint density at radius 2 is 2.48 bits per heavy atom. The van der Waals surface area contributed by atoms with Crippen LogP contribution >= 0.6 is 11.3 Å². The van der Waals surface area contributed by atoms with Crippen molar-refractivity contribution >= 4 is 22.4 Å². The van der Waals surface area contributed by atoms with E-state index in [1.807, 2.05) is 29.2 Å². The van der Waals surface area contributed by atoms with Crippen molar-refractivity contribution in [1.29, 1.82) is 0 Å². The molecule has 7 heteroatoms. The topological polar surface area (TPSA) is 63.1 Å². The van der Waals surface area contributed by atoms with Gasteiger partial charge in [0.25, 0.3) is 0 Å². The minimum atomic E-state index is 0.0108. The lowest BCUT2D eigenvalue weighted by atomic mass is 10.2. The molecule has 0 radical (unpaired) electrons. The van der Waals surface area contributed by atoms with Crippen LogP contribution in [0.3, 0.4) is 0 Å². The number of rotatable bonds is 5. The summed E-state index contributed by atoms with van der Waals surface area (Å²) in [6.45, 7) is 4.16. The van der Waals surface area contributed by atoms with E-state index in [2.05, 4.69) is 20.3 Å². The monoisotopic (exact) mass is 305 g/mol. The van der Waals surface area contributed by atoms with Crippen LogP contribution in [0.15, 0.2) is 23.8 Å². The Kier molecular flexibility index (Phi) is 4.31. The summed E-state index contributed by atoms with van der Waals surface area (Å²) in [5, 5.41) is 9.74. The predicted molar refractivity (Wildman–Crippen MR) is 82.3 cm³/mol. The van der Waals surface area contributed by atoms with Gasteiger partial charge in [-0.15, -0.1) is 11.3 Å². The Bertz CT molecular complexity index is 594. The van der Waals surface area contributed by atoms with E-state index in [0.717, 1.165) is 31.6 Å². The Morgan fingerprint density at radius 3 is 3.19 bits per heavy atom. The van der Waals surface area contributed by atoms with Gasteiger partial charge in [-0.2, -0.15) is 5.10 Å². The second-order valence-corrected chi connectivity index (χ2v) is 6.19. The lowest BCUT2D eigenvalue weighted by molar-refractivity contribution is -0.117. The average Bonchev–Trinajstić information content (AvgIpc) is 3.15. The van der Waals surface area contributed by atoms with Gasteiger partial charge in [0.05, 0.1) is 18.8 Å². The second kappa shape index (κ2) is 6.36. The zero-order chi connectivity index (χ0) is 14.7. The van der Waals surface area contributed by atoms with Crippen LogP contribution in [0.2, 0.25) is 0 Å². The molecular weight excluding hydrogens is 286 g/mol. The number of nitrogens with zero attached hydrogens (tertiary/aromatic N) is 4. The van der Waals surface area contributed by atoms with Crippen LogP contribution in [0, 0.1) is 6.92 Å². The number of amides is 1. The number of aryl methyl sites for hydroxylation is 1. The molecule has 1 N–H and O–H groups in total. The molecule has 1 aliphatic rings. The number of nitrogens with one attached hydrogen (secondary N) is 1. The van der Waals surface area contributed by atoms with Gasteiger partial charge in [-0.25, -0.2) is 4.98 Å². The number of likely N-dealkylation sites (tertiary alicyclic amines) is 1. The lowest BCUT2D eigenvalue weighted by Gasteiger charge is -2.23. The molecule has 0 aromatic carbocycles. The maximum Gasteiger partial charge on any atom is 0.240 e. The first-order valence-corrected chi connectivity index (χ1v) is 8.02. The van der Waals surface area contributed by atoms with Gasteiger partial charge < -0.3 is 5.32 Å². The molecule has 1 aliphatic heterocycles. The molecular formula is C14H19N5OS. The molecule has 6 nitrogen and oxygen atoms in total. The van der Waals surface area contributed by atoms with Crippen molar-refractivity contribution < 1.29 is 4.79 Å². The van der Waals surface area contributed by atoms with Crippen molar-refractivity contribution in [2.75, 3.05) is 18.4 Å². The predicted octanol–water partition coefficient (Wildman–Crippen LogP) is 1.75. The van der Waals surface area contributed by atoms with E-state index in [-0.39, 0.29) is 5.91 Å². The first kappa shape index (κ1) is 14.2. The fourth-order valence-electron chi connectivity index (χ4n) is 2.69. The van der Waals surface area contributed by atoms with E-state index in [9.17, 15) is 4.79 Å². The molecule has 21 heavy (non-hydrogen) atoms. The summed E-state index contributed by atoms with van der Waals surface area (Å²) in [5.41, 5.74) is 0.938.